The van der Waals surface area contributed by atoms with Gasteiger partial charge in [0.2, 0.25) is 5.91 Å². The van der Waals surface area contributed by atoms with Crippen LogP contribution in [0.3, 0.4) is 0 Å². The van der Waals surface area contributed by atoms with Gasteiger partial charge in [0.25, 0.3) is 0 Å². The second kappa shape index (κ2) is 5.21. The summed E-state index contributed by atoms with van der Waals surface area (Å²) >= 11 is 0. The number of hydrogen-bond donors (Lipinski definition) is 2. The molecule has 0 aromatic heterocycles. The largest absolute Gasteiger partial charge is 0.381 e. The number of anilines is 1. The first-order chi connectivity index (χ1) is 8.88. The molecule has 19 heavy (non-hydrogen) atoms. The average molecular weight is 282 g/mol. The zero-order valence-corrected chi connectivity index (χ0v) is 11.6. The van der Waals surface area contributed by atoms with Crippen LogP contribution < -0.4 is 11.1 Å². The number of nitrogens with one attached hydrogen (secondary N) is 1. The van der Waals surface area contributed by atoms with Crippen LogP contribution in [0.2, 0.25) is 0 Å². The first kappa shape index (κ1) is 13.9. The molecule has 3 N–H and O–H groups in total. The summed E-state index contributed by atoms with van der Waals surface area (Å²) < 4.78 is 23.4. The zero-order valence-electron chi connectivity index (χ0n) is 10.8. The summed E-state index contributed by atoms with van der Waals surface area (Å²) in [4.78, 5) is 11.1. The Kier molecular flexibility index (Phi) is 3.80. The molecule has 1 fully saturated rings. The Morgan fingerprint density at radius 3 is 2.74 bits per heavy atom. The molecule has 0 radical (unpaired) electrons. The molecule has 1 aromatic rings. The summed E-state index contributed by atoms with van der Waals surface area (Å²) in [7, 11) is -3.05. The third-order valence-electron chi connectivity index (χ3n) is 3.50. The molecule has 6 heteroatoms. The number of primary amides is 1. The van der Waals surface area contributed by atoms with Gasteiger partial charge in [-0.3, -0.25) is 4.79 Å². The Morgan fingerprint density at radius 2 is 2.11 bits per heavy atom. The van der Waals surface area contributed by atoms with Crippen LogP contribution in [0.25, 0.3) is 0 Å². The minimum absolute atomic E-state index is 0.0990. The van der Waals surface area contributed by atoms with E-state index < -0.39 is 15.7 Å². The molecule has 1 aromatic carbocycles. The third-order valence-corrected chi connectivity index (χ3v) is 5.17. The summed E-state index contributed by atoms with van der Waals surface area (Å²) in [5.74, 6) is -0.491. The Balaban J connectivity index is 2.17. The van der Waals surface area contributed by atoms with Gasteiger partial charge in [0, 0.05) is 23.5 Å². The minimum Gasteiger partial charge on any atom is -0.381 e. The van der Waals surface area contributed by atoms with Crippen LogP contribution in [0.5, 0.6) is 0 Å². The fraction of sp³-hybridized carbons (Fsp3) is 0.462. The maximum atomic E-state index is 11.7. The van der Waals surface area contributed by atoms with Gasteiger partial charge < -0.3 is 11.1 Å². The van der Waals surface area contributed by atoms with Gasteiger partial charge in [0.15, 0.2) is 9.84 Å². The van der Waals surface area contributed by atoms with Gasteiger partial charge in [0.1, 0.15) is 0 Å². The first-order valence-corrected chi connectivity index (χ1v) is 8.18. The number of nitrogens with two attached hydrogens (primary N) is 1. The summed E-state index contributed by atoms with van der Waals surface area (Å²) in [6, 6.07) is 6.73. The Labute approximate surface area is 113 Å². The molecule has 1 aliphatic carbocycles. The highest BCUT2D eigenvalue weighted by molar-refractivity contribution is 7.91. The second-order valence-corrected chi connectivity index (χ2v) is 7.26. The van der Waals surface area contributed by atoms with Gasteiger partial charge >= 0.3 is 0 Å². The molecule has 104 valence electrons. The Hall–Kier alpha value is -1.56. The molecule has 5 nitrogen and oxygen atoms in total. The lowest BCUT2D eigenvalue weighted by Gasteiger charge is -2.20. The molecule has 1 aliphatic rings. The lowest BCUT2D eigenvalue weighted by atomic mass is 10.1. The number of carbonyl (C=O) groups is 1. The van der Waals surface area contributed by atoms with Crippen molar-refractivity contribution in [2.45, 2.75) is 30.6 Å². The molecular formula is C13H18N2O3S. The quantitative estimate of drug-likeness (QED) is 0.867. The van der Waals surface area contributed by atoms with E-state index in [0.29, 0.717) is 12.0 Å². The number of rotatable bonds is 4. The highest BCUT2D eigenvalue weighted by Gasteiger charge is 2.34. The molecular weight excluding hydrogens is 264 g/mol. The molecule has 2 atom stereocenters. The van der Waals surface area contributed by atoms with Crippen molar-refractivity contribution in [1.29, 1.82) is 0 Å². The molecule has 1 amide bonds. The van der Waals surface area contributed by atoms with Crippen molar-refractivity contribution in [3.05, 3.63) is 29.8 Å². The van der Waals surface area contributed by atoms with E-state index in [2.05, 4.69) is 5.32 Å². The van der Waals surface area contributed by atoms with Gasteiger partial charge in [-0.1, -0.05) is 6.07 Å². The first-order valence-electron chi connectivity index (χ1n) is 6.23. The predicted octanol–water partition coefficient (Wildman–Crippen LogP) is 1.16. The van der Waals surface area contributed by atoms with Gasteiger partial charge in [0.05, 0.1) is 5.25 Å². The fourth-order valence-electron chi connectivity index (χ4n) is 2.58. The molecule has 1 saturated carbocycles. The van der Waals surface area contributed by atoms with Crippen LogP contribution in [-0.4, -0.2) is 31.9 Å². The summed E-state index contributed by atoms with van der Waals surface area (Å²) in [6.45, 7) is 0. The van der Waals surface area contributed by atoms with E-state index in [-0.39, 0.29) is 11.3 Å². The lowest BCUT2D eigenvalue weighted by Crippen LogP contribution is -2.34. The van der Waals surface area contributed by atoms with Crippen molar-refractivity contribution in [3.63, 3.8) is 0 Å². The van der Waals surface area contributed by atoms with Crippen LogP contribution in [-0.2, 0) is 9.84 Å². The van der Waals surface area contributed by atoms with E-state index in [4.69, 9.17) is 5.73 Å². The van der Waals surface area contributed by atoms with Crippen LogP contribution in [0.4, 0.5) is 5.69 Å². The highest BCUT2D eigenvalue weighted by Crippen LogP contribution is 2.28. The molecule has 0 saturated heterocycles. The maximum absolute atomic E-state index is 11.7. The number of benzene rings is 1. The standard InChI is InChI=1S/C13H18N2O3S/c1-19(17,18)12-7-3-6-11(12)15-10-5-2-4-9(8-10)13(14)16/h2,4-5,8,11-12,15H,3,6-7H2,1H3,(H2,14,16). The van der Waals surface area contributed by atoms with Gasteiger partial charge in [-0.05, 0) is 37.5 Å². The molecule has 0 aliphatic heterocycles. The van der Waals surface area contributed by atoms with Crippen molar-refractivity contribution < 1.29 is 13.2 Å². The van der Waals surface area contributed by atoms with E-state index in [1.807, 2.05) is 6.07 Å². The average Bonchev–Trinajstić information content (AvgIpc) is 2.77. The van der Waals surface area contributed by atoms with Crippen molar-refractivity contribution in [3.8, 4) is 0 Å². The Bertz CT molecular complexity index is 583. The van der Waals surface area contributed by atoms with Gasteiger partial charge in [-0.2, -0.15) is 0 Å². The zero-order chi connectivity index (χ0) is 14.0. The summed E-state index contributed by atoms with van der Waals surface area (Å²) in [5.41, 5.74) is 6.37. The number of sulfone groups is 1. The fourth-order valence-corrected chi connectivity index (χ4v) is 3.98. The summed E-state index contributed by atoms with van der Waals surface area (Å²) in [5, 5.41) is 2.85. The Morgan fingerprint density at radius 1 is 1.37 bits per heavy atom. The van der Waals surface area contributed by atoms with E-state index in [9.17, 15) is 13.2 Å². The van der Waals surface area contributed by atoms with Crippen molar-refractivity contribution >= 4 is 21.4 Å². The van der Waals surface area contributed by atoms with Crippen LogP contribution in [0.1, 0.15) is 29.6 Å². The lowest BCUT2D eigenvalue weighted by molar-refractivity contribution is 0.100. The third kappa shape index (κ3) is 3.26. The molecule has 2 rings (SSSR count). The van der Waals surface area contributed by atoms with Crippen LogP contribution >= 0.6 is 0 Å². The minimum atomic E-state index is -3.05. The van der Waals surface area contributed by atoms with E-state index >= 15 is 0 Å². The van der Waals surface area contributed by atoms with Gasteiger partial charge in [-0.15, -0.1) is 0 Å². The normalized spacial score (nSPS) is 23.2. The molecule has 0 bridgehead atoms. The van der Waals surface area contributed by atoms with E-state index in [1.54, 1.807) is 18.2 Å². The van der Waals surface area contributed by atoms with E-state index in [0.717, 1.165) is 18.5 Å². The predicted molar refractivity (Wildman–Crippen MR) is 74.9 cm³/mol. The monoisotopic (exact) mass is 282 g/mol. The van der Waals surface area contributed by atoms with Crippen molar-refractivity contribution in [1.82, 2.24) is 0 Å². The van der Waals surface area contributed by atoms with Crippen molar-refractivity contribution in [2.24, 2.45) is 5.73 Å². The van der Waals surface area contributed by atoms with Crippen LogP contribution in [0, 0.1) is 0 Å². The molecule has 2 unspecified atom stereocenters. The van der Waals surface area contributed by atoms with Gasteiger partial charge in [-0.25, -0.2) is 8.42 Å². The molecule has 0 heterocycles. The molecule has 0 spiro atoms. The topological polar surface area (TPSA) is 89.3 Å². The number of amides is 1. The van der Waals surface area contributed by atoms with Crippen molar-refractivity contribution in [2.75, 3.05) is 11.6 Å². The highest BCUT2D eigenvalue weighted by atomic mass is 32.2. The van der Waals surface area contributed by atoms with E-state index in [1.165, 1.54) is 6.26 Å². The second-order valence-electron chi connectivity index (χ2n) is 4.99. The number of hydrogen-bond acceptors (Lipinski definition) is 4. The maximum Gasteiger partial charge on any atom is 0.248 e. The smallest absolute Gasteiger partial charge is 0.248 e. The van der Waals surface area contributed by atoms with Crippen LogP contribution in [0.15, 0.2) is 24.3 Å². The summed E-state index contributed by atoms with van der Waals surface area (Å²) in [6.07, 6.45) is 3.67. The SMILES string of the molecule is CS(=O)(=O)C1CCCC1Nc1cccc(C(N)=O)c1. The number of carbonyl (C=O) groups excluding carboxylic acids is 1.